The molecule has 118 valence electrons. The first-order valence-electron chi connectivity index (χ1n) is 7.02. The van der Waals surface area contributed by atoms with Crippen LogP contribution < -0.4 is 27.6 Å². The minimum absolute atomic E-state index is 0.00781. The lowest BCUT2D eigenvalue weighted by Crippen LogP contribution is -2.38. The van der Waals surface area contributed by atoms with Crippen LogP contribution >= 0.6 is 0 Å². The summed E-state index contributed by atoms with van der Waals surface area (Å²) in [6.07, 6.45) is 1.66. The van der Waals surface area contributed by atoms with Gasteiger partial charge in [-0.1, -0.05) is 13.3 Å². The molecule has 1 rings (SSSR count). The third kappa shape index (κ3) is 4.66. The van der Waals surface area contributed by atoms with Gasteiger partial charge >= 0.3 is 5.69 Å². The van der Waals surface area contributed by atoms with Crippen molar-refractivity contribution in [3.05, 3.63) is 20.8 Å². The van der Waals surface area contributed by atoms with E-state index >= 15 is 0 Å². The highest BCUT2D eigenvalue weighted by Gasteiger charge is 2.13. The number of H-pyrrole nitrogens is 1. The number of nitrogen functional groups attached to an aromatic ring is 1. The molecule has 0 spiro atoms. The lowest BCUT2D eigenvalue weighted by Gasteiger charge is -2.14. The van der Waals surface area contributed by atoms with E-state index in [-0.39, 0.29) is 30.0 Å². The van der Waals surface area contributed by atoms with Crippen LogP contribution in [0.25, 0.3) is 0 Å². The van der Waals surface area contributed by atoms with Crippen LogP contribution in [0.5, 0.6) is 0 Å². The predicted molar refractivity (Wildman–Crippen MR) is 82.4 cm³/mol. The van der Waals surface area contributed by atoms with Crippen molar-refractivity contribution < 1.29 is 4.79 Å². The van der Waals surface area contributed by atoms with E-state index in [0.717, 1.165) is 12.8 Å². The number of amides is 1. The summed E-state index contributed by atoms with van der Waals surface area (Å²) >= 11 is 0. The first-order valence-corrected chi connectivity index (χ1v) is 7.02. The monoisotopic (exact) mass is 297 g/mol. The number of rotatable bonds is 7. The minimum atomic E-state index is -0.623. The summed E-state index contributed by atoms with van der Waals surface area (Å²) in [5.41, 5.74) is 4.75. The van der Waals surface area contributed by atoms with Crippen LogP contribution in [0.15, 0.2) is 9.59 Å². The predicted octanol–water partition coefficient (Wildman–Crippen LogP) is -0.145. The zero-order chi connectivity index (χ0) is 16.0. The Balaban J connectivity index is 2.94. The van der Waals surface area contributed by atoms with Crippen LogP contribution in [0.4, 0.5) is 11.5 Å². The molecule has 0 radical (unpaired) electrons. The van der Waals surface area contributed by atoms with Gasteiger partial charge in [0.05, 0.1) is 6.54 Å². The highest BCUT2D eigenvalue weighted by Crippen LogP contribution is 2.10. The van der Waals surface area contributed by atoms with E-state index in [1.54, 1.807) is 0 Å². The number of carbonyl (C=O) groups is 1. The zero-order valence-electron chi connectivity index (χ0n) is 12.7. The molecule has 0 bridgehead atoms. The maximum atomic E-state index is 11.8. The van der Waals surface area contributed by atoms with Crippen molar-refractivity contribution in [2.45, 2.75) is 46.2 Å². The van der Waals surface area contributed by atoms with Gasteiger partial charge < -0.3 is 16.4 Å². The first-order chi connectivity index (χ1) is 9.86. The lowest BCUT2D eigenvalue weighted by molar-refractivity contribution is -0.119. The third-order valence-corrected chi connectivity index (χ3v) is 2.85. The largest absolute Gasteiger partial charge is 0.383 e. The molecule has 1 heterocycles. The lowest BCUT2D eigenvalue weighted by atomic mass is 10.3. The molecule has 0 fully saturated rings. The van der Waals surface area contributed by atoms with Crippen molar-refractivity contribution in [3.8, 4) is 0 Å². The number of aromatic amines is 1. The van der Waals surface area contributed by atoms with E-state index in [1.807, 2.05) is 20.8 Å². The topological polar surface area (TPSA) is 122 Å². The van der Waals surface area contributed by atoms with Gasteiger partial charge in [0.15, 0.2) is 0 Å². The average molecular weight is 297 g/mol. The molecular formula is C13H23N5O3. The van der Waals surface area contributed by atoms with Gasteiger partial charge in [0, 0.05) is 12.6 Å². The standard InChI is InChI=1S/C13H23N5O3/c1-4-5-6-18-11(14)10(12(20)17-13(18)21)15-7-9(19)16-8(2)3/h8,15H,4-7,14H2,1-3H3,(H,16,19)(H,17,20,21). The molecule has 0 aliphatic heterocycles. The molecule has 21 heavy (non-hydrogen) atoms. The molecular weight excluding hydrogens is 274 g/mol. The van der Waals surface area contributed by atoms with Gasteiger partial charge in [-0.15, -0.1) is 0 Å². The molecule has 0 saturated heterocycles. The molecule has 0 aliphatic carbocycles. The van der Waals surface area contributed by atoms with Crippen LogP contribution in [0.2, 0.25) is 0 Å². The number of nitrogens with one attached hydrogen (secondary N) is 3. The van der Waals surface area contributed by atoms with Crippen LogP contribution in [0, 0.1) is 0 Å². The first kappa shape index (κ1) is 16.8. The Morgan fingerprint density at radius 1 is 1.38 bits per heavy atom. The van der Waals surface area contributed by atoms with E-state index in [2.05, 4.69) is 15.6 Å². The smallest absolute Gasteiger partial charge is 0.330 e. The van der Waals surface area contributed by atoms with E-state index in [0.29, 0.717) is 6.54 Å². The third-order valence-electron chi connectivity index (χ3n) is 2.85. The SMILES string of the molecule is CCCCn1c(N)c(NCC(=O)NC(C)C)c(=O)[nH]c1=O. The summed E-state index contributed by atoms with van der Waals surface area (Å²) in [6, 6.07) is 0.00781. The molecule has 0 aliphatic rings. The Labute approximate surface area is 122 Å². The summed E-state index contributed by atoms with van der Waals surface area (Å²) in [6.45, 7) is 6.00. The molecule has 0 atom stereocenters. The number of hydrogen-bond acceptors (Lipinski definition) is 5. The fraction of sp³-hybridized carbons (Fsp3) is 0.615. The highest BCUT2D eigenvalue weighted by atomic mass is 16.2. The molecule has 5 N–H and O–H groups in total. The Hall–Kier alpha value is -2.25. The maximum Gasteiger partial charge on any atom is 0.330 e. The summed E-state index contributed by atoms with van der Waals surface area (Å²) in [7, 11) is 0. The van der Waals surface area contributed by atoms with Crippen LogP contribution in [-0.4, -0.2) is 28.0 Å². The molecule has 0 aromatic carbocycles. The molecule has 0 saturated carbocycles. The fourth-order valence-corrected chi connectivity index (χ4v) is 1.84. The number of anilines is 2. The highest BCUT2D eigenvalue weighted by molar-refractivity contribution is 5.81. The van der Waals surface area contributed by atoms with Crippen molar-refractivity contribution in [1.29, 1.82) is 0 Å². The summed E-state index contributed by atoms with van der Waals surface area (Å²) in [5, 5.41) is 5.38. The normalized spacial score (nSPS) is 10.7. The van der Waals surface area contributed by atoms with Gasteiger partial charge in [0.25, 0.3) is 5.56 Å². The summed E-state index contributed by atoms with van der Waals surface area (Å²) < 4.78 is 1.30. The molecule has 1 aromatic rings. The minimum Gasteiger partial charge on any atom is -0.383 e. The number of unbranched alkanes of at least 4 members (excludes halogenated alkanes) is 1. The Kier molecular flexibility index (Phi) is 6.01. The summed E-state index contributed by atoms with van der Waals surface area (Å²) in [5.74, 6) is -0.204. The molecule has 1 aromatic heterocycles. The van der Waals surface area contributed by atoms with E-state index < -0.39 is 11.2 Å². The van der Waals surface area contributed by atoms with Gasteiger partial charge in [-0.3, -0.25) is 19.1 Å². The second-order valence-corrected chi connectivity index (χ2v) is 5.10. The number of carbonyl (C=O) groups excluding carboxylic acids is 1. The van der Waals surface area contributed by atoms with Crippen molar-refractivity contribution >= 4 is 17.4 Å². The summed E-state index contributed by atoms with van der Waals surface area (Å²) in [4.78, 5) is 37.3. The van der Waals surface area contributed by atoms with E-state index in [4.69, 9.17) is 5.73 Å². The number of aromatic nitrogens is 2. The second kappa shape index (κ2) is 7.51. The quantitative estimate of drug-likeness (QED) is 0.558. The van der Waals surface area contributed by atoms with Gasteiger partial charge in [-0.05, 0) is 20.3 Å². The van der Waals surface area contributed by atoms with Crippen LogP contribution in [0.3, 0.4) is 0 Å². The zero-order valence-corrected chi connectivity index (χ0v) is 12.7. The number of nitrogens with two attached hydrogens (primary N) is 1. The van der Waals surface area contributed by atoms with Crippen LogP contribution in [-0.2, 0) is 11.3 Å². The van der Waals surface area contributed by atoms with Crippen molar-refractivity contribution in [2.24, 2.45) is 0 Å². The molecule has 8 heteroatoms. The number of hydrogen-bond donors (Lipinski definition) is 4. The van der Waals surface area contributed by atoms with Crippen molar-refractivity contribution in [2.75, 3.05) is 17.6 Å². The van der Waals surface area contributed by atoms with Crippen molar-refractivity contribution in [3.63, 3.8) is 0 Å². The fourth-order valence-electron chi connectivity index (χ4n) is 1.84. The van der Waals surface area contributed by atoms with Gasteiger partial charge in [-0.25, -0.2) is 4.79 Å². The number of nitrogens with zero attached hydrogens (tertiary/aromatic N) is 1. The molecule has 0 unspecified atom stereocenters. The Morgan fingerprint density at radius 3 is 2.62 bits per heavy atom. The second-order valence-electron chi connectivity index (χ2n) is 5.10. The maximum absolute atomic E-state index is 11.8. The van der Waals surface area contributed by atoms with Crippen molar-refractivity contribution in [1.82, 2.24) is 14.9 Å². The van der Waals surface area contributed by atoms with Gasteiger partial charge in [0.2, 0.25) is 5.91 Å². The molecule has 1 amide bonds. The van der Waals surface area contributed by atoms with Gasteiger partial charge in [0.1, 0.15) is 11.5 Å². The van der Waals surface area contributed by atoms with E-state index in [9.17, 15) is 14.4 Å². The van der Waals surface area contributed by atoms with E-state index in [1.165, 1.54) is 4.57 Å². The van der Waals surface area contributed by atoms with Gasteiger partial charge in [-0.2, -0.15) is 0 Å². The molecule has 8 nitrogen and oxygen atoms in total. The Morgan fingerprint density at radius 2 is 2.05 bits per heavy atom. The van der Waals surface area contributed by atoms with Crippen LogP contribution in [0.1, 0.15) is 33.6 Å². The average Bonchev–Trinajstić information content (AvgIpc) is 2.37. The Bertz CT molecular complexity index is 603.